The smallest absolute Gasteiger partial charge is 0.213 e. The number of hydrogen-bond donors (Lipinski definition) is 2. The highest BCUT2D eigenvalue weighted by Crippen LogP contribution is 2.36. The molecule has 0 radical (unpaired) electrons. The number of nitrogens with one attached hydrogen (secondary N) is 2. The van der Waals surface area contributed by atoms with E-state index in [9.17, 15) is 14.0 Å². The lowest BCUT2D eigenvalue weighted by Crippen LogP contribution is -2.20. The molecule has 0 aliphatic carbocycles. The zero-order chi connectivity index (χ0) is 27.6. The fourth-order valence-corrected chi connectivity index (χ4v) is 4.27. The van der Waals surface area contributed by atoms with Gasteiger partial charge in [0, 0.05) is 35.1 Å². The van der Waals surface area contributed by atoms with Gasteiger partial charge in [-0.1, -0.05) is 43.7 Å². The SMILES string of the molecule is Cc1nc(F)ccc1[C@H](Nc1cc(Cl)c2ncc(C#N)c(NCC(C)(C)C)c2c1)c1cn([C@@H](C)CF)nn1. The van der Waals surface area contributed by atoms with Gasteiger partial charge in [-0.3, -0.25) is 4.98 Å². The molecule has 3 aromatic heterocycles. The van der Waals surface area contributed by atoms with Crippen LogP contribution in [0.3, 0.4) is 0 Å². The maximum Gasteiger partial charge on any atom is 0.213 e. The molecule has 11 heteroatoms. The maximum atomic E-state index is 13.8. The van der Waals surface area contributed by atoms with Gasteiger partial charge < -0.3 is 10.6 Å². The van der Waals surface area contributed by atoms with Crippen LogP contribution in [0.25, 0.3) is 10.9 Å². The van der Waals surface area contributed by atoms with Gasteiger partial charge in [0.25, 0.3) is 0 Å². The van der Waals surface area contributed by atoms with Gasteiger partial charge in [-0.2, -0.15) is 9.65 Å². The van der Waals surface area contributed by atoms with Crippen LogP contribution in [-0.2, 0) is 0 Å². The van der Waals surface area contributed by atoms with Gasteiger partial charge in [0.2, 0.25) is 5.95 Å². The van der Waals surface area contributed by atoms with Crippen molar-refractivity contribution >= 4 is 33.9 Å². The number of rotatable bonds is 8. The van der Waals surface area contributed by atoms with E-state index in [-0.39, 0.29) is 5.41 Å². The van der Waals surface area contributed by atoms with Gasteiger partial charge in [-0.05, 0) is 37.5 Å². The number of aromatic nitrogens is 5. The zero-order valence-corrected chi connectivity index (χ0v) is 22.6. The zero-order valence-electron chi connectivity index (χ0n) is 21.9. The highest BCUT2D eigenvalue weighted by Gasteiger charge is 2.23. The van der Waals surface area contributed by atoms with Crippen LogP contribution < -0.4 is 10.6 Å². The molecule has 4 aromatic rings. The fourth-order valence-electron chi connectivity index (χ4n) is 4.00. The number of aryl methyl sites for hydroxylation is 1. The first kappa shape index (κ1) is 27.2. The number of nitrogens with zero attached hydrogens (tertiary/aromatic N) is 6. The van der Waals surface area contributed by atoms with Gasteiger partial charge >= 0.3 is 0 Å². The molecule has 8 nitrogen and oxygen atoms in total. The van der Waals surface area contributed by atoms with Gasteiger partial charge in [0.15, 0.2) is 0 Å². The predicted molar refractivity (Wildman–Crippen MR) is 145 cm³/mol. The summed E-state index contributed by atoms with van der Waals surface area (Å²) < 4.78 is 28.6. The van der Waals surface area contributed by atoms with Gasteiger partial charge in [0.1, 0.15) is 18.4 Å². The van der Waals surface area contributed by atoms with E-state index in [0.29, 0.717) is 56.4 Å². The van der Waals surface area contributed by atoms with E-state index >= 15 is 0 Å². The molecule has 0 saturated heterocycles. The Morgan fingerprint density at radius 3 is 2.66 bits per heavy atom. The second kappa shape index (κ2) is 10.9. The predicted octanol–water partition coefficient (Wildman–Crippen LogP) is 6.38. The van der Waals surface area contributed by atoms with Crippen molar-refractivity contribution < 1.29 is 8.78 Å². The Bertz CT molecular complexity index is 1510. The van der Waals surface area contributed by atoms with Crippen molar-refractivity contribution in [2.75, 3.05) is 23.9 Å². The average Bonchev–Trinajstić information content (AvgIpc) is 3.35. The lowest BCUT2D eigenvalue weighted by Gasteiger charge is -2.23. The summed E-state index contributed by atoms with van der Waals surface area (Å²) in [6.07, 6.45) is 3.16. The van der Waals surface area contributed by atoms with E-state index in [4.69, 9.17) is 11.6 Å². The van der Waals surface area contributed by atoms with Gasteiger partial charge in [0.05, 0.1) is 40.1 Å². The maximum absolute atomic E-state index is 13.8. The summed E-state index contributed by atoms with van der Waals surface area (Å²) in [6, 6.07) is 7.59. The molecular formula is C27H29ClF2N8. The molecule has 4 rings (SSSR count). The van der Waals surface area contributed by atoms with Gasteiger partial charge in [-0.15, -0.1) is 5.10 Å². The molecule has 0 aliphatic rings. The summed E-state index contributed by atoms with van der Waals surface area (Å²) in [5.41, 5.74) is 3.77. The molecule has 3 heterocycles. The summed E-state index contributed by atoms with van der Waals surface area (Å²) in [7, 11) is 0. The second-order valence-electron chi connectivity index (χ2n) is 10.4. The third kappa shape index (κ3) is 5.83. The van der Waals surface area contributed by atoms with E-state index in [1.807, 2.05) is 6.07 Å². The summed E-state index contributed by atoms with van der Waals surface area (Å²) >= 11 is 6.66. The third-order valence-corrected chi connectivity index (χ3v) is 6.34. The first-order valence-corrected chi connectivity index (χ1v) is 12.5. The normalized spacial score (nSPS) is 13.2. The molecule has 0 fully saturated rings. The topological polar surface area (TPSA) is 104 Å². The number of pyridine rings is 2. The molecular weight excluding hydrogens is 510 g/mol. The number of alkyl halides is 1. The fraction of sp³-hybridized carbons (Fsp3) is 0.370. The van der Waals surface area contributed by atoms with Crippen molar-refractivity contribution in [2.45, 2.75) is 46.7 Å². The minimum absolute atomic E-state index is 0.0389. The Morgan fingerprint density at radius 1 is 1.24 bits per heavy atom. The first-order valence-electron chi connectivity index (χ1n) is 12.1. The van der Waals surface area contributed by atoms with E-state index < -0.39 is 24.7 Å². The minimum atomic E-state index is -0.602. The Kier molecular flexibility index (Phi) is 7.78. The molecule has 2 N–H and O–H groups in total. The van der Waals surface area contributed by atoms with Crippen LogP contribution in [0.5, 0.6) is 0 Å². The number of halogens is 3. The Balaban J connectivity index is 1.83. The minimum Gasteiger partial charge on any atom is -0.383 e. The van der Waals surface area contributed by atoms with Crippen LogP contribution in [0.2, 0.25) is 5.02 Å². The van der Waals surface area contributed by atoms with Crippen LogP contribution in [0, 0.1) is 29.6 Å². The van der Waals surface area contributed by atoms with Crippen molar-refractivity contribution in [1.82, 2.24) is 25.0 Å². The van der Waals surface area contributed by atoms with Crippen molar-refractivity contribution in [2.24, 2.45) is 5.41 Å². The summed E-state index contributed by atoms with van der Waals surface area (Å²) in [5, 5.41) is 26.0. The van der Waals surface area contributed by atoms with Crippen LogP contribution >= 0.6 is 11.6 Å². The molecule has 2 atom stereocenters. The van der Waals surface area contributed by atoms with Crippen LogP contribution in [0.15, 0.2) is 36.7 Å². The van der Waals surface area contributed by atoms with Crippen molar-refractivity contribution in [3.63, 3.8) is 0 Å². The molecule has 0 amide bonds. The van der Waals surface area contributed by atoms with Gasteiger partial charge in [-0.25, -0.2) is 14.1 Å². The Hall–Kier alpha value is -3.84. The number of anilines is 2. The lowest BCUT2D eigenvalue weighted by atomic mass is 9.96. The molecule has 0 spiro atoms. The van der Waals surface area contributed by atoms with Crippen molar-refractivity contribution in [1.29, 1.82) is 5.26 Å². The molecule has 38 heavy (non-hydrogen) atoms. The average molecular weight is 539 g/mol. The Labute approximate surface area is 225 Å². The van der Waals surface area contributed by atoms with E-state index in [0.717, 1.165) is 0 Å². The largest absolute Gasteiger partial charge is 0.383 e. The molecule has 0 aliphatic heterocycles. The number of hydrogen-bond acceptors (Lipinski definition) is 7. The number of benzene rings is 1. The van der Waals surface area contributed by atoms with E-state index in [1.54, 1.807) is 32.2 Å². The first-order chi connectivity index (χ1) is 18.0. The molecule has 198 valence electrons. The molecule has 0 bridgehead atoms. The number of nitriles is 1. The quantitative estimate of drug-likeness (QED) is 0.251. The molecule has 0 saturated carbocycles. The van der Waals surface area contributed by atoms with Crippen LogP contribution in [0.1, 0.15) is 62.3 Å². The second-order valence-corrected chi connectivity index (χ2v) is 10.8. The van der Waals surface area contributed by atoms with Crippen molar-refractivity contribution in [3.8, 4) is 6.07 Å². The van der Waals surface area contributed by atoms with E-state index in [2.05, 4.69) is 57.8 Å². The highest BCUT2D eigenvalue weighted by atomic mass is 35.5. The highest BCUT2D eigenvalue weighted by molar-refractivity contribution is 6.35. The summed E-state index contributed by atoms with van der Waals surface area (Å²) in [5.74, 6) is -0.599. The lowest BCUT2D eigenvalue weighted by molar-refractivity contribution is 0.351. The van der Waals surface area contributed by atoms with Crippen LogP contribution in [0.4, 0.5) is 20.2 Å². The summed E-state index contributed by atoms with van der Waals surface area (Å²) in [4.78, 5) is 8.38. The summed E-state index contributed by atoms with van der Waals surface area (Å²) in [6.45, 7) is 9.70. The monoisotopic (exact) mass is 538 g/mol. The van der Waals surface area contributed by atoms with E-state index in [1.165, 1.54) is 16.9 Å². The van der Waals surface area contributed by atoms with Crippen molar-refractivity contribution in [3.05, 3.63) is 70.1 Å². The molecule has 1 aromatic carbocycles. The Morgan fingerprint density at radius 2 is 2.00 bits per heavy atom. The number of fused-ring (bicyclic) bond motifs is 1. The van der Waals surface area contributed by atoms with Crippen LogP contribution in [-0.4, -0.2) is 38.2 Å². The molecule has 0 unspecified atom stereocenters. The standard InChI is InChI=1S/C27H29ClF2N8/c1-15(10-29)38-13-22(36-37-38)26(19-6-7-23(30)34-16(19)2)35-18-8-20-24(33-14-27(3,4)5)17(11-31)12-32-25(20)21(28)9-18/h6-9,12-13,15,26,35H,10,14H2,1-5H3,(H,32,33)/t15-,26-/m0/s1. The third-order valence-electron chi connectivity index (χ3n) is 6.05.